The predicted octanol–water partition coefficient (Wildman–Crippen LogP) is 4.58. The second-order valence-electron chi connectivity index (χ2n) is 7.64. The number of nitrogens with zero attached hydrogens (tertiary/aromatic N) is 3. The molecular formula is C25H20N4O2S. The maximum absolute atomic E-state index is 13.4. The Morgan fingerprint density at radius 3 is 2.00 bits per heavy atom. The average molecular weight is 441 g/mol. The highest BCUT2D eigenvalue weighted by atomic mass is 32.2. The number of fused-ring (bicyclic) bond motifs is 1. The predicted molar refractivity (Wildman–Crippen MR) is 127 cm³/mol. The average Bonchev–Trinajstić information content (AvgIpc) is 3.11. The lowest BCUT2D eigenvalue weighted by molar-refractivity contribution is 0.0537. The van der Waals surface area contributed by atoms with E-state index >= 15 is 0 Å². The van der Waals surface area contributed by atoms with Gasteiger partial charge in [0.2, 0.25) is 0 Å². The summed E-state index contributed by atoms with van der Waals surface area (Å²) in [6.45, 7) is 1.88. The highest BCUT2D eigenvalue weighted by Crippen LogP contribution is 2.38. The second kappa shape index (κ2) is 8.09. The van der Waals surface area contributed by atoms with Crippen LogP contribution in [0.5, 0.6) is 0 Å². The Bertz CT molecular complexity index is 1220. The van der Waals surface area contributed by atoms with Crippen molar-refractivity contribution in [2.24, 2.45) is 10.1 Å². The van der Waals surface area contributed by atoms with Crippen LogP contribution in [0.25, 0.3) is 0 Å². The van der Waals surface area contributed by atoms with Gasteiger partial charge < -0.3 is 0 Å². The molecule has 2 aliphatic rings. The van der Waals surface area contributed by atoms with Crippen molar-refractivity contribution in [2.45, 2.75) is 12.5 Å². The molecule has 3 aromatic rings. The highest BCUT2D eigenvalue weighted by molar-refractivity contribution is 8.14. The van der Waals surface area contributed by atoms with E-state index in [1.807, 2.05) is 67.6 Å². The summed E-state index contributed by atoms with van der Waals surface area (Å²) in [5.41, 5.74) is 5.13. The van der Waals surface area contributed by atoms with Crippen LogP contribution in [0.2, 0.25) is 0 Å². The smallest absolute Gasteiger partial charge is 0.262 e. The maximum atomic E-state index is 13.4. The molecule has 158 valence electrons. The van der Waals surface area contributed by atoms with Crippen molar-refractivity contribution in [1.82, 2.24) is 10.3 Å². The summed E-state index contributed by atoms with van der Waals surface area (Å²) >= 11 is 1.49. The Balaban J connectivity index is 1.56. The largest absolute Gasteiger partial charge is 0.269 e. The number of carbonyl (C=O) groups excluding carboxylic acids is 2. The molecule has 2 heterocycles. The molecule has 5 rings (SSSR count). The number of hydrogen-bond acceptors (Lipinski definition) is 5. The molecular weight excluding hydrogens is 420 g/mol. The summed E-state index contributed by atoms with van der Waals surface area (Å²) < 4.78 is 0. The second-order valence-corrected chi connectivity index (χ2v) is 8.61. The first-order valence-corrected chi connectivity index (χ1v) is 11.2. The van der Waals surface area contributed by atoms with E-state index in [4.69, 9.17) is 0 Å². The molecule has 0 fully saturated rings. The minimum atomic E-state index is -1.05. The van der Waals surface area contributed by atoms with Gasteiger partial charge in [0.25, 0.3) is 11.8 Å². The van der Waals surface area contributed by atoms with Crippen LogP contribution in [0.4, 0.5) is 5.69 Å². The number of para-hydroxylation sites is 1. The van der Waals surface area contributed by atoms with Crippen LogP contribution in [0.3, 0.4) is 0 Å². The van der Waals surface area contributed by atoms with E-state index in [-0.39, 0.29) is 11.8 Å². The zero-order valence-corrected chi connectivity index (χ0v) is 18.2. The number of thioether (sulfide) groups is 1. The first kappa shape index (κ1) is 20.2. The number of hydrazone groups is 1. The van der Waals surface area contributed by atoms with E-state index in [0.717, 1.165) is 11.3 Å². The third-order valence-electron chi connectivity index (χ3n) is 5.76. The number of carbonyl (C=O) groups is 2. The van der Waals surface area contributed by atoms with Crippen molar-refractivity contribution in [3.63, 3.8) is 0 Å². The van der Waals surface area contributed by atoms with E-state index in [0.29, 0.717) is 27.8 Å². The molecule has 7 heteroatoms. The summed E-state index contributed by atoms with van der Waals surface area (Å²) in [7, 11) is 0. The Labute approximate surface area is 190 Å². The van der Waals surface area contributed by atoms with Crippen molar-refractivity contribution in [3.05, 3.63) is 102 Å². The number of rotatable bonds is 4. The lowest BCUT2D eigenvalue weighted by Gasteiger charge is -2.39. The molecule has 0 radical (unpaired) electrons. The molecule has 2 aliphatic heterocycles. The third-order valence-corrected chi connectivity index (χ3v) is 6.63. The van der Waals surface area contributed by atoms with Crippen LogP contribution in [-0.4, -0.2) is 33.3 Å². The Morgan fingerprint density at radius 1 is 0.875 bits per heavy atom. The first-order valence-electron chi connectivity index (χ1n) is 10.2. The maximum Gasteiger partial charge on any atom is 0.262 e. The molecule has 0 saturated heterocycles. The summed E-state index contributed by atoms with van der Waals surface area (Å²) in [4.78, 5) is 32.7. The number of amides is 2. The fourth-order valence-corrected chi connectivity index (χ4v) is 4.93. The van der Waals surface area contributed by atoms with Crippen LogP contribution in [-0.2, 0) is 5.54 Å². The van der Waals surface area contributed by atoms with Gasteiger partial charge >= 0.3 is 0 Å². The third kappa shape index (κ3) is 3.31. The van der Waals surface area contributed by atoms with Gasteiger partial charge in [-0.05, 0) is 36.8 Å². The Morgan fingerprint density at radius 2 is 1.44 bits per heavy atom. The normalized spacial score (nSPS) is 18.7. The van der Waals surface area contributed by atoms with Crippen molar-refractivity contribution in [2.75, 3.05) is 5.75 Å². The molecule has 1 unspecified atom stereocenters. The van der Waals surface area contributed by atoms with Gasteiger partial charge in [-0.1, -0.05) is 72.4 Å². The number of nitrogens with one attached hydrogen (secondary N) is 1. The first-order chi connectivity index (χ1) is 15.6. The van der Waals surface area contributed by atoms with Gasteiger partial charge in [0, 0.05) is 5.75 Å². The molecule has 3 aromatic carbocycles. The van der Waals surface area contributed by atoms with Crippen LogP contribution < -0.4 is 5.43 Å². The van der Waals surface area contributed by atoms with E-state index in [9.17, 15) is 9.59 Å². The minimum absolute atomic E-state index is 0.312. The fourth-order valence-electron chi connectivity index (χ4n) is 4.03. The molecule has 32 heavy (non-hydrogen) atoms. The lowest BCUT2D eigenvalue weighted by atomic mass is 9.85. The zero-order chi connectivity index (χ0) is 22.1. The molecule has 0 aromatic heterocycles. The number of aliphatic imine (C=N–C) groups is 1. The summed E-state index contributed by atoms with van der Waals surface area (Å²) in [6, 6.07) is 26.1. The number of amidine groups is 1. The summed E-state index contributed by atoms with van der Waals surface area (Å²) in [6.07, 6.45) is 0. The molecule has 0 saturated carbocycles. The quantitative estimate of drug-likeness (QED) is 0.603. The number of benzene rings is 3. The van der Waals surface area contributed by atoms with Crippen LogP contribution >= 0.6 is 11.8 Å². The standard InChI is InChI=1S/C25H20N4O2S/c1-25(17-10-4-2-5-11-17,29-22(30)19-14-8-9-15-20(19)23(29)31)21-16-32-24(28-27-21)26-18-12-6-3-7-13-18/h2-15H,16H2,1H3,(H,26,28). The molecule has 0 spiro atoms. The lowest BCUT2D eigenvalue weighted by Crippen LogP contribution is -2.54. The van der Waals surface area contributed by atoms with Gasteiger partial charge in [0.05, 0.1) is 22.5 Å². The van der Waals surface area contributed by atoms with Gasteiger partial charge in [-0.25, -0.2) is 4.99 Å². The number of imide groups is 1. The van der Waals surface area contributed by atoms with E-state index in [1.54, 1.807) is 24.3 Å². The molecule has 1 N–H and O–H groups in total. The van der Waals surface area contributed by atoms with Crippen LogP contribution in [0, 0.1) is 0 Å². The van der Waals surface area contributed by atoms with Crippen LogP contribution in [0.15, 0.2) is 95.0 Å². The summed E-state index contributed by atoms with van der Waals surface area (Å²) in [5, 5.41) is 5.27. The molecule has 0 bridgehead atoms. The fraction of sp³-hybridized carbons (Fsp3) is 0.120. The van der Waals surface area contributed by atoms with Crippen molar-refractivity contribution in [1.29, 1.82) is 0 Å². The molecule has 1 atom stereocenters. The van der Waals surface area contributed by atoms with Crippen molar-refractivity contribution < 1.29 is 9.59 Å². The van der Waals surface area contributed by atoms with Gasteiger partial charge in [-0.2, -0.15) is 5.10 Å². The summed E-state index contributed by atoms with van der Waals surface area (Å²) in [5.74, 6) is -0.140. The topological polar surface area (TPSA) is 74.1 Å². The van der Waals surface area contributed by atoms with E-state index < -0.39 is 5.54 Å². The van der Waals surface area contributed by atoms with Crippen LogP contribution in [0.1, 0.15) is 33.2 Å². The Hall–Kier alpha value is -3.71. The monoisotopic (exact) mass is 440 g/mol. The minimum Gasteiger partial charge on any atom is -0.269 e. The number of hydrogen-bond donors (Lipinski definition) is 1. The molecule has 0 aliphatic carbocycles. The van der Waals surface area contributed by atoms with E-state index in [2.05, 4.69) is 15.5 Å². The van der Waals surface area contributed by atoms with Crippen molar-refractivity contribution >= 4 is 40.1 Å². The van der Waals surface area contributed by atoms with Gasteiger partial charge in [0.1, 0.15) is 5.54 Å². The molecule has 6 nitrogen and oxygen atoms in total. The molecule has 2 amide bonds. The van der Waals surface area contributed by atoms with Gasteiger partial charge in [-0.3, -0.25) is 19.9 Å². The van der Waals surface area contributed by atoms with Gasteiger partial charge in [0.15, 0.2) is 5.17 Å². The Kier molecular flexibility index (Phi) is 5.11. The van der Waals surface area contributed by atoms with Crippen molar-refractivity contribution in [3.8, 4) is 0 Å². The van der Waals surface area contributed by atoms with Gasteiger partial charge in [-0.15, -0.1) is 0 Å². The zero-order valence-electron chi connectivity index (χ0n) is 17.4. The SMILES string of the molecule is CC(C1=NNC(=Nc2ccccc2)SC1)(c1ccccc1)N1C(=O)c2ccccc2C1=O. The van der Waals surface area contributed by atoms with E-state index in [1.165, 1.54) is 16.7 Å². The highest BCUT2D eigenvalue weighted by Gasteiger charge is 2.50.